The first-order valence-electron chi connectivity index (χ1n) is 6.86. The molecule has 1 aromatic rings. The van der Waals surface area contributed by atoms with Crippen molar-refractivity contribution in [2.75, 3.05) is 32.8 Å². The van der Waals surface area contributed by atoms with Crippen LogP contribution in [0, 0.1) is 0 Å². The molecule has 0 saturated carbocycles. The van der Waals surface area contributed by atoms with Gasteiger partial charge in [-0.15, -0.1) is 11.3 Å². The molecule has 2 heterocycles. The summed E-state index contributed by atoms with van der Waals surface area (Å²) in [4.78, 5) is 3.93. The summed E-state index contributed by atoms with van der Waals surface area (Å²) in [7, 11) is 0. The van der Waals surface area contributed by atoms with Crippen LogP contribution in [0.4, 0.5) is 0 Å². The number of likely N-dealkylation sites (N-methyl/N-ethyl adjacent to an activating group) is 1. The van der Waals surface area contributed by atoms with E-state index in [-0.39, 0.29) is 5.54 Å². The molecule has 2 rings (SSSR count). The number of rotatable bonds is 5. The van der Waals surface area contributed by atoms with Gasteiger partial charge in [0.05, 0.1) is 19.3 Å². The lowest BCUT2D eigenvalue weighted by molar-refractivity contribution is -0.0232. The topological polar surface area (TPSA) is 24.5 Å². The Morgan fingerprint density at radius 2 is 2.16 bits per heavy atom. The molecule has 1 atom stereocenters. The minimum Gasteiger partial charge on any atom is -0.379 e. The zero-order chi connectivity index (χ0) is 13.9. The van der Waals surface area contributed by atoms with Gasteiger partial charge >= 0.3 is 0 Å². The molecule has 0 aliphatic carbocycles. The van der Waals surface area contributed by atoms with Crippen LogP contribution in [0.2, 0.25) is 0 Å². The minimum absolute atomic E-state index is 0.0766. The van der Waals surface area contributed by atoms with Gasteiger partial charge in [0.15, 0.2) is 0 Å². The second-order valence-corrected chi connectivity index (χ2v) is 7.18. The maximum absolute atomic E-state index is 5.48. The molecule has 0 amide bonds. The van der Waals surface area contributed by atoms with E-state index in [1.165, 1.54) is 9.35 Å². The largest absolute Gasteiger partial charge is 0.379 e. The Morgan fingerprint density at radius 1 is 1.47 bits per heavy atom. The highest BCUT2D eigenvalue weighted by Crippen LogP contribution is 2.38. The first-order valence-corrected chi connectivity index (χ1v) is 8.53. The molecule has 1 unspecified atom stereocenters. The third-order valence-corrected chi connectivity index (χ3v) is 5.78. The Morgan fingerprint density at radius 3 is 2.68 bits per heavy atom. The lowest BCUT2D eigenvalue weighted by atomic mass is 9.90. The van der Waals surface area contributed by atoms with E-state index in [4.69, 9.17) is 4.74 Å². The van der Waals surface area contributed by atoms with Gasteiger partial charge in [0.2, 0.25) is 0 Å². The highest BCUT2D eigenvalue weighted by Gasteiger charge is 2.38. The number of morpholine rings is 1. The summed E-state index contributed by atoms with van der Waals surface area (Å²) in [5.74, 6) is 0. The molecule has 5 heteroatoms. The van der Waals surface area contributed by atoms with E-state index in [1.54, 1.807) is 0 Å². The Labute approximate surface area is 128 Å². The molecule has 0 spiro atoms. The molecule has 108 valence electrons. The lowest BCUT2D eigenvalue weighted by Gasteiger charge is -2.46. The number of nitrogens with one attached hydrogen (secondary N) is 1. The Hall–Kier alpha value is 0.0600. The van der Waals surface area contributed by atoms with Gasteiger partial charge in [-0.3, -0.25) is 4.90 Å². The standard InChI is InChI=1S/C14H23BrN2OS/c1-4-16-13(12-11(15)5-10-19-12)14(2,3)17-6-8-18-9-7-17/h5,10,13,16H,4,6-9H2,1-3H3. The van der Waals surface area contributed by atoms with E-state index in [0.717, 1.165) is 32.8 Å². The van der Waals surface area contributed by atoms with Crippen molar-refractivity contribution in [1.82, 2.24) is 10.2 Å². The first-order chi connectivity index (χ1) is 9.07. The van der Waals surface area contributed by atoms with Crippen molar-refractivity contribution >= 4 is 27.3 Å². The molecule has 0 aromatic carbocycles. The van der Waals surface area contributed by atoms with Crippen LogP contribution in [0.3, 0.4) is 0 Å². The predicted octanol–water partition coefficient (Wildman–Crippen LogP) is 3.27. The smallest absolute Gasteiger partial charge is 0.0607 e. The fourth-order valence-corrected chi connectivity index (χ4v) is 4.56. The van der Waals surface area contributed by atoms with Crippen molar-refractivity contribution in [3.8, 4) is 0 Å². The summed E-state index contributed by atoms with van der Waals surface area (Å²) in [5.41, 5.74) is 0.0766. The lowest BCUT2D eigenvalue weighted by Crippen LogP contribution is -2.56. The van der Waals surface area contributed by atoms with Crippen LogP contribution in [-0.2, 0) is 4.74 Å². The van der Waals surface area contributed by atoms with Crippen molar-refractivity contribution < 1.29 is 4.74 Å². The molecule has 3 nitrogen and oxygen atoms in total. The van der Waals surface area contributed by atoms with Crippen LogP contribution in [0.25, 0.3) is 0 Å². The first kappa shape index (κ1) is 15.4. The normalized spacial score (nSPS) is 19.6. The van der Waals surface area contributed by atoms with E-state index >= 15 is 0 Å². The van der Waals surface area contributed by atoms with Gasteiger partial charge in [0, 0.05) is 28.0 Å². The SMILES string of the molecule is CCNC(c1sccc1Br)C(C)(C)N1CCOCC1. The molecule has 1 fully saturated rings. The summed E-state index contributed by atoms with van der Waals surface area (Å²) in [5, 5.41) is 5.81. The summed E-state index contributed by atoms with van der Waals surface area (Å²) in [6, 6.07) is 2.48. The molecule has 1 aliphatic rings. The van der Waals surface area contributed by atoms with Crippen molar-refractivity contribution in [2.24, 2.45) is 0 Å². The highest BCUT2D eigenvalue weighted by atomic mass is 79.9. The van der Waals surface area contributed by atoms with Gasteiger partial charge in [-0.1, -0.05) is 6.92 Å². The van der Waals surface area contributed by atoms with Gasteiger partial charge < -0.3 is 10.1 Å². The Kier molecular flexibility index (Phi) is 5.43. The highest BCUT2D eigenvalue weighted by molar-refractivity contribution is 9.10. The van der Waals surface area contributed by atoms with Gasteiger partial charge in [-0.05, 0) is 47.8 Å². The number of halogens is 1. The summed E-state index contributed by atoms with van der Waals surface area (Å²) in [6.07, 6.45) is 0. The predicted molar refractivity (Wildman–Crippen MR) is 84.9 cm³/mol. The average molecular weight is 347 g/mol. The minimum atomic E-state index is 0.0766. The van der Waals surface area contributed by atoms with Crippen LogP contribution < -0.4 is 5.32 Å². The van der Waals surface area contributed by atoms with E-state index in [1.807, 2.05) is 11.3 Å². The number of hydrogen-bond donors (Lipinski definition) is 1. The van der Waals surface area contributed by atoms with Crippen LogP contribution in [0.15, 0.2) is 15.9 Å². The van der Waals surface area contributed by atoms with E-state index in [2.05, 4.69) is 58.4 Å². The molecule has 1 aromatic heterocycles. The van der Waals surface area contributed by atoms with Gasteiger partial charge in [0.1, 0.15) is 0 Å². The van der Waals surface area contributed by atoms with Crippen molar-refractivity contribution in [2.45, 2.75) is 32.4 Å². The van der Waals surface area contributed by atoms with Gasteiger partial charge in [-0.2, -0.15) is 0 Å². The summed E-state index contributed by atoms with van der Waals surface area (Å²) >= 11 is 5.50. The second kappa shape index (κ2) is 6.68. The Balaban J connectivity index is 2.24. The summed E-state index contributed by atoms with van der Waals surface area (Å²) < 4.78 is 6.69. The quantitative estimate of drug-likeness (QED) is 0.885. The molecule has 1 N–H and O–H groups in total. The van der Waals surface area contributed by atoms with Crippen molar-refractivity contribution in [3.05, 3.63) is 20.8 Å². The van der Waals surface area contributed by atoms with Crippen LogP contribution in [0.5, 0.6) is 0 Å². The molecular weight excluding hydrogens is 324 g/mol. The zero-order valence-electron chi connectivity index (χ0n) is 11.9. The molecule has 0 bridgehead atoms. The van der Waals surface area contributed by atoms with Crippen molar-refractivity contribution in [3.63, 3.8) is 0 Å². The average Bonchev–Trinajstić information content (AvgIpc) is 2.83. The fourth-order valence-electron chi connectivity index (χ4n) is 2.70. The maximum Gasteiger partial charge on any atom is 0.0607 e. The summed E-state index contributed by atoms with van der Waals surface area (Å²) in [6.45, 7) is 11.5. The maximum atomic E-state index is 5.48. The monoisotopic (exact) mass is 346 g/mol. The fraction of sp³-hybridized carbons (Fsp3) is 0.714. The Bertz CT molecular complexity index is 402. The van der Waals surface area contributed by atoms with Crippen LogP contribution in [0.1, 0.15) is 31.7 Å². The van der Waals surface area contributed by atoms with Crippen LogP contribution in [-0.4, -0.2) is 43.3 Å². The third kappa shape index (κ3) is 3.39. The van der Waals surface area contributed by atoms with Crippen molar-refractivity contribution in [1.29, 1.82) is 0 Å². The number of hydrogen-bond acceptors (Lipinski definition) is 4. The molecule has 1 saturated heterocycles. The number of ether oxygens (including phenoxy) is 1. The molecule has 0 radical (unpaired) electrons. The molecule has 1 aliphatic heterocycles. The van der Waals surface area contributed by atoms with Gasteiger partial charge in [-0.25, -0.2) is 0 Å². The van der Waals surface area contributed by atoms with E-state index < -0.39 is 0 Å². The van der Waals surface area contributed by atoms with E-state index in [9.17, 15) is 0 Å². The van der Waals surface area contributed by atoms with Crippen LogP contribution >= 0.6 is 27.3 Å². The second-order valence-electron chi connectivity index (χ2n) is 5.38. The van der Waals surface area contributed by atoms with Gasteiger partial charge in [0.25, 0.3) is 0 Å². The third-order valence-electron chi connectivity index (χ3n) is 3.85. The molecule has 19 heavy (non-hydrogen) atoms. The van der Waals surface area contributed by atoms with E-state index in [0.29, 0.717) is 6.04 Å². The number of nitrogens with zero attached hydrogens (tertiary/aromatic N) is 1. The molecular formula is C14H23BrN2OS. The number of thiophene rings is 1. The zero-order valence-corrected chi connectivity index (χ0v) is 14.3.